The molecule has 3 rings (SSSR count). The van der Waals surface area contributed by atoms with E-state index in [-0.39, 0.29) is 11.6 Å². The van der Waals surface area contributed by atoms with Crippen molar-refractivity contribution in [2.24, 2.45) is 5.73 Å². The summed E-state index contributed by atoms with van der Waals surface area (Å²) in [5.74, 6) is 0. The zero-order chi connectivity index (χ0) is 13.4. The molecule has 1 atom stereocenters. The van der Waals surface area contributed by atoms with Gasteiger partial charge in [0.05, 0.1) is 11.4 Å². The summed E-state index contributed by atoms with van der Waals surface area (Å²) in [6.45, 7) is 2.02. The van der Waals surface area contributed by atoms with Crippen LogP contribution in [0.5, 0.6) is 0 Å². The van der Waals surface area contributed by atoms with Gasteiger partial charge in [-0.05, 0) is 43.9 Å². The molecule has 0 saturated heterocycles. The average molecular weight is 255 g/mol. The number of hydrogen-bond acceptors (Lipinski definition) is 3. The lowest BCUT2D eigenvalue weighted by Crippen LogP contribution is -2.28. The zero-order valence-electron chi connectivity index (χ0n) is 11.0. The molecule has 1 aliphatic carbocycles. The van der Waals surface area contributed by atoms with Crippen LogP contribution < -0.4 is 11.3 Å². The molecule has 1 heterocycles. The van der Waals surface area contributed by atoms with Crippen LogP contribution >= 0.6 is 0 Å². The highest BCUT2D eigenvalue weighted by Crippen LogP contribution is 2.25. The molecule has 0 aliphatic heterocycles. The van der Waals surface area contributed by atoms with Gasteiger partial charge in [0.15, 0.2) is 0 Å². The fourth-order valence-corrected chi connectivity index (χ4v) is 2.54. The van der Waals surface area contributed by atoms with Crippen LogP contribution in [0.15, 0.2) is 35.1 Å². The first kappa shape index (κ1) is 12.1. The Morgan fingerprint density at radius 1 is 1.32 bits per heavy atom. The van der Waals surface area contributed by atoms with Crippen LogP contribution in [-0.2, 0) is 6.42 Å². The van der Waals surface area contributed by atoms with E-state index in [1.165, 1.54) is 4.68 Å². The largest absolute Gasteiger partial charge is 0.323 e. The van der Waals surface area contributed by atoms with E-state index >= 15 is 0 Å². The summed E-state index contributed by atoms with van der Waals surface area (Å²) in [7, 11) is 0. The van der Waals surface area contributed by atoms with E-state index in [4.69, 9.17) is 5.73 Å². The van der Waals surface area contributed by atoms with Crippen LogP contribution in [0.3, 0.4) is 0 Å². The molecule has 0 amide bonds. The summed E-state index contributed by atoms with van der Waals surface area (Å²) >= 11 is 0. The molecule has 0 radical (unpaired) electrons. The number of nitrogens with two attached hydrogens (primary N) is 1. The van der Waals surface area contributed by atoms with Crippen molar-refractivity contribution in [3.63, 3.8) is 0 Å². The Morgan fingerprint density at radius 2 is 2.05 bits per heavy atom. The van der Waals surface area contributed by atoms with E-state index in [1.807, 2.05) is 31.2 Å². The highest BCUT2D eigenvalue weighted by Gasteiger charge is 2.20. The van der Waals surface area contributed by atoms with Crippen molar-refractivity contribution in [1.82, 2.24) is 9.78 Å². The Hall–Kier alpha value is -1.94. The van der Waals surface area contributed by atoms with Gasteiger partial charge in [-0.3, -0.25) is 4.79 Å². The van der Waals surface area contributed by atoms with Gasteiger partial charge in [0.25, 0.3) is 5.56 Å². The highest BCUT2D eigenvalue weighted by molar-refractivity contribution is 5.35. The van der Waals surface area contributed by atoms with Crippen LogP contribution in [0.25, 0.3) is 5.69 Å². The number of benzene rings is 1. The highest BCUT2D eigenvalue weighted by atomic mass is 16.1. The molecule has 98 valence electrons. The van der Waals surface area contributed by atoms with Gasteiger partial charge in [-0.1, -0.05) is 17.7 Å². The quantitative estimate of drug-likeness (QED) is 0.846. The third-order valence-electron chi connectivity index (χ3n) is 3.63. The first-order valence-electron chi connectivity index (χ1n) is 6.61. The lowest BCUT2D eigenvalue weighted by atomic mass is 9.93. The number of aryl methyl sites for hydroxylation is 2. The van der Waals surface area contributed by atoms with E-state index in [0.29, 0.717) is 0 Å². The van der Waals surface area contributed by atoms with Gasteiger partial charge >= 0.3 is 0 Å². The zero-order valence-corrected chi connectivity index (χ0v) is 11.0. The van der Waals surface area contributed by atoms with Gasteiger partial charge in [0, 0.05) is 12.1 Å². The number of hydrogen-bond donors (Lipinski definition) is 1. The van der Waals surface area contributed by atoms with Crippen molar-refractivity contribution in [1.29, 1.82) is 0 Å². The van der Waals surface area contributed by atoms with Gasteiger partial charge in [-0.25, -0.2) is 0 Å². The summed E-state index contributed by atoms with van der Waals surface area (Å²) in [6, 6.07) is 9.39. The third-order valence-corrected chi connectivity index (χ3v) is 3.63. The molecular weight excluding hydrogens is 238 g/mol. The number of aromatic nitrogens is 2. The minimum atomic E-state index is -0.0864. The maximum Gasteiger partial charge on any atom is 0.271 e. The minimum absolute atomic E-state index is 0.0546. The molecule has 4 heteroatoms. The Labute approximate surface area is 111 Å². The van der Waals surface area contributed by atoms with Crippen LogP contribution in [-0.4, -0.2) is 9.78 Å². The van der Waals surface area contributed by atoms with Crippen LogP contribution in [0.2, 0.25) is 0 Å². The van der Waals surface area contributed by atoms with E-state index in [1.54, 1.807) is 6.07 Å². The van der Waals surface area contributed by atoms with Crippen molar-refractivity contribution >= 4 is 0 Å². The lowest BCUT2D eigenvalue weighted by Gasteiger charge is -2.21. The standard InChI is InChI=1S/C15H17N3O/c1-10-5-7-12(8-6-10)18-14(19)9-11-3-2-4-13(16)15(11)17-18/h5-9,13H,2-4,16H2,1H3. The molecule has 0 bridgehead atoms. The smallest absolute Gasteiger partial charge is 0.271 e. The molecule has 2 N–H and O–H groups in total. The molecule has 0 fully saturated rings. The minimum Gasteiger partial charge on any atom is -0.323 e. The van der Waals surface area contributed by atoms with Gasteiger partial charge in [-0.15, -0.1) is 0 Å². The number of fused-ring (bicyclic) bond motifs is 1. The van der Waals surface area contributed by atoms with Crippen molar-refractivity contribution < 1.29 is 0 Å². The van der Waals surface area contributed by atoms with Crippen LogP contribution in [0, 0.1) is 6.92 Å². The number of nitrogens with zero attached hydrogens (tertiary/aromatic N) is 2. The lowest BCUT2D eigenvalue weighted by molar-refractivity contribution is 0.532. The van der Waals surface area contributed by atoms with Gasteiger partial charge in [0.1, 0.15) is 0 Å². The first-order chi connectivity index (χ1) is 9.15. The number of rotatable bonds is 1. The SMILES string of the molecule is Cc1ccc(-n2nc3c(cc2=O)CCCC3N)cc1. The monoisotopic (exact) mass is 255 g/mol. The van der Waals surface area contributed by atoms with Crippen molar-refractivity contribution in [3.05, 3.63) is 57.5 Å². The molecule has 1 unspecified atom stereocenters. The molecular formula is C15H17N3O. The molecule has 1 aliphatic rings. The van der Waals surface area contributed by atoms with E-state index in [2.05, 4.69) is 5.10 Å². The van der Waals surface area contributed by atoms with Gasteiger partial charge < -0.3 is 5.73 Å². The Balaban J connectivity index is 2.14. The van der Waals surface area contributed by atoms with E-state index in [9.17, 15) is 4.79 Å². The van der Waals surface area contributed by atoms with Crippen molar-refractivity contribution in [3.8, 4) is 5.69 Å². The fraction of sp³-hybridized carbons (Fsp3) is 0.333. The molecule has 0 spiro atoms. The Morgan fingerprint density at radius 3 is 2.79 bits per heavy atom. The molecule has 4 nitrogen and oxygen atoms in total. The maximum absolute atomic E-state index is 12.1. The predicted octanol–water partition coefficient (Wildman–Crippen LogP) is 1.88. The maximum atomic E-state index is 12.1. The van der Waals surface area contributed by atoms with Gasteiger partial charge in [-0.2, -0.15) is 9.78 Å². The second-order valence-corrected chi connectivity index (χ2v) is 5.14. The fourth-order valence-electron chi connectivity index (χ4n) is 2.54. The molecule has 1 aromatic carbocycles. The van der Waals surface area contributed by atoms with E-state index in [0.717, 1.165) is 41.8 Å². The second-order valence-electron chi connectivity index (χ2n) is 5.14. The summed E-state index contributed by atoms with van der Waals surface area (Å²) in [6.07, 6.45) is 2.87. The summed E-state index contributed by atoms with van der Waals surface area (Å²) in [5.41, 5.74) is 9.82. The Kier molecular flexibility index (Phi) is 2.95. The second kappa shape index (κ2) is 4.63. The van der Waals surface area contributed by atoms with Gasteiger partial charge in [0.2, 0.25) is 0 Å². The molecule has 19 heavy (non-hydrogen) atoms. The van der Waals surface area contributed by atoms with Crippen LogP contribution in [0.1, 0.15) is 35.7 Å². The molecule has 0 saturated carbocycles. The van der Waals surface area contributed by atoms with Crippen molar-refractivity contribution in [2.45, 2.75) is 32.2 Å². The van der Waals surface area contributed by atoms with Crippen molar-refractivity contribution in [2.75, 3.05) is 0 Å². The first-order valence-corrected chi connectivity index (χ1v) is 6.61. The normalized spacial score (nSPS) is 18.1. The average Bonchev–Trinajstić information content (AvgIpc) is 2.40. The summed E-state index contributed by atoms with van der Waals surface area (Å²) in [5, 5.41) is 4.47. The molecule has 1 aromatic heterocycles. The summed E-state index contributed by atoms with van der Waals surface area (Å²) in [4.78, 5) is 12.1. The molecule has 2 aromatic rings. The predicted molar refractivity (Wildman–Crippen MR) is 74.4 cm³/mol. The third kappa shape index (κ3) is 2.19. The van der Waals surface area contributed by atoms with E-state index < -0.39 is 0 Å². The van der Waals surface area contributed by atoms with Crippen LogP contribution in [0.4, 0.5) is 0 Å². The topological polar surface area (TPSA) is 60.9 Å². The Bertz CT molecular complexity index is 658. The summed E-state index contributed by atoms with van der Waals surface area (Å²) < 4.78 is 1.45.